The zero-order valence-electron chi connectivity index (χ0n) is 14.9. The van der Waals surface area contributed by atoms with E-state index in [4.69, 9.17) is 4.74 Å². The van der Waals surface area contributed by atoms with Crippen LogP contribution in [-0.4, -0.2) is 66.0 Å². The second kappa shape index (κ2) is 7.90. The predicted octanol–water partition coefficient (Wildman–Crippen LogP) is 1.99. The first-order valence-electron chi connectivity index (χ1n) is 8.56. The van der Waals surface area contributed by atoms with Gasteiger partial charge in [0.15, 0.2) is 0 Å². The molecule has 0 unspecified atom stereocenters. The Hall–Kier alpha value is -3.35. The van der Waals surface area contributed by atoms with Gasteiger partial charge >= 0.3 is 5.97 Å². The molecule has 27 heavy (non-hydrogen) atoms. The van der Waals surface area contributed by atoms with E-state index in [0.717, 1.165) is 0 Å². The fraction of sp³-hybridized carbons (Fsp3) is 0.250. The summed E-state index contributed by atoms with van der Waals surface area (Å²) >= 11 is 0. The fourth-order valence-corrected chi connectivity index (χ4v) is 3.06. The maximum Gasteiger partial charge on any atom is 0.336 e. The van der Waals surface area contributed by atoms with Crippen LogP contribution in [0.5, 0.6) is 5.75 Å². The van der Waals surface area contributed by atoms with Gasteiger partial charge in [-0.15, -0.1) is 0 Å². The maximum absolute atomic E-state index is 12.7. The lowest BCUT2D eigenvalue weighted by atomic mass is 10.1. The third-order valence-electron chi connectivity index (χ3n) is 4.58. The van der Waals surface area contributed by atoms with Gasteiger partial charge in [-0.3, -0.25) is 9.59 Å². The topological polar surface area (TPSA) is 87.2 Å². The Kier molecular flexibility index (Phi) is 5.40. The molecule has 7 heteroatoms. The van der Waals surface area contributed by atoms with Crippen LogP contribution in [0.4, 0.5) is 0 Å². The molecule has 0 spiro atoms. The van der Waals surface area contributed by atoms with Crippen LogP contribution >= 0.6 is 0 Å². The molecule has 0 aliphatic carbocycles. The Morgan fingerprint density at radius 1 is 0.815 bits per heavy atom. The number of carboxylic acid groups (broad SMARTS) is 1. The van der Waals surface area contributed by atoms with E-state index in [9.17, 15) is 19.5 Å². The number of piperazine rings is 1. The van der Waals surface area contributed by atoms with Crippen molar-refractivity contribution in [1.82, 2.24) is 9.80 Å². The van der Waals surface area contributed by atoms with Crippen LogP contribution < -0.4 is 4.74 Å². The van der Waals surface area contributed by atoms with Crippen LogP contribution in [0.1, 0.15) is 31.1 Å². The second-order valence-electron chi connectivity index (χ2n) is 6.16. The number of rotatable bonds is 4. The van der Waals surface area contributed by atoms with Crippen LogP contribution in [0.3, 0.4) is 0 Å². The Labute approximate surface area is 156 Å². The van der Waals surface area contributed by atoms with E-state index in [2.05, 4.69) is 0 Å². The van der Waals surface area contributed by atoms with Crippen LogP contribution in [0.15, 0.2) is 48.5 Å². The lowest BCUT2D eigenvalue weighted by Crippen LogP contribution is -2.50. The van der Waals surface area contributed by atoms with Crippen molar-refractivity contribution in [2.24, 2.45) is 0 Å². The third-order valence-corrected chi connectivity index (χ3v) is 4.58. The van der Waals surface area contributed by atoms with Gasteiger partial charge in [0.2, 0.25) is 0 Å². The third kappa shape index (κ3) is 3.92. The molecule has 0 saturated carbocycles. The Bertz CT molecular complexity index is 855. The van der Waals surface area contributed by atoms with Crippen molar-refractivity contribution in [3.63, 3.8) is 0 Å². The summed E-state index contributed by atoms with van der Waals surface area (Å²) in [6.45, 7) is 1.50. The molecule has 1 aliphatic rings. The Balaban J connectivity index is 1.65. The number of hydrogen-bond acceptors (Lipinski definition) is 4. The summed E-state index contributed by atoms with van der Waals surface area (Å²) in [7, 11) is 1.57. The summed E-state index contributed by atoms with van der Waals surface area (Å²) in [6.07, 6.45) is 0. The minimum atomic E-state index is -1.13. The highest BCUT2D eigenvalue weighted by Gasteiger charge is 2.27. The summed E-state index contributed by atoms with van der Waals surface area (Å²) in [6, 6.07) is 13.0. The van der Waals surface area contributed by atoms with Crippen LogP contribution in [0.25, 0.3) is 0 Å². The minimum absolute atomic E-state index is 0.0146. The van der Waals surface area contributed by atoms with E-state index in [0.29, 0.717) is 37.5 Å². The number of nitrogens with zero attached hydrogens (tertiary/aromatic N) is 2. The smallest absolute Gasteiger partial charge is 0.336 e. The van der Waals surface area contributed by atoms with Crippen LogP contribution in [0, 0.1) is 0 Å². The number of ether oxygens (including phenoxy) is 1. The average Bonchev–Trinajstić information content (AvgIpc) is 2.73. The van der Waals surface area contributed by atoms with Crippen molar-refractivity contribution < 1.29 is 24.2 Å². The first kappa shape index (κ1) is 18.4. The Morgan fingerprint density at radius 2 is 1.33 bits per heavy atom. The number of amides is 2. The first-order valence-corrected chi connectivity index (χ1v) is 8.56. The van der Waals surface area contributed by atoms with Crippen molar-refractivity contribution in [3.05, 3.63) is 65.2 Å². The molecule has 2 aromatic carbocycles. The van der Waals surface area contributed by atoms with Crippen LogP contribution in [-0.2, 0) is 0 Å². The number of hydrogen-bond donors (Lipinski definition) is 1. The summed E-state index contributed by atoms with van der Waals surface area (Å²) in [5.74, 6) is -0.883. The summed E-state index contributed by atoms with van der Waals surface area (Å²) < 4.78 is 5.09. The molecule has 1 aliphatic heterocycles. The van der Waals surface area contributed by atoms with E-state index < -0.39 is 5.97 Å². The summed E-state index contributed by atoms with van der Waals surface area (Å²) in [5, 5.41) is 9.26. The van der Waals surface area contributed by atoms with Gasteiger partial charge in [0.05, 0.1) is 18.2 Å². The molecule has 0 bridgehead atoms. The van der Waals surface area contributed by atoms with E-state index in [1.807, 2.05) is 0 Å². The van der Waals surface area contributed by atoms with Crippen molar-refractivity contribution in [2.75, 3.05) is 33.3 Å². The van der Waals surface area contributed by atoms with Crippen molar-refractivity contribution in [3.8, 4) is 5.75 Å². The SMILES string of the molecule is COc1ccc(C(=O)N2CCN(C(=O)c3ccccc3C(=O)O)CC2)cc1. The first-order chi connectivity index (χ1) is 13.0. The monoisotopic (exact) mass is 368 g/mol. The summed E-state index contributed by atoms with van der Waals surface area (Å²) in [5.41, 5.74) is 0.714. The Morgan fingerprint density at radius 3 is 1.85 bits per heavy atom. The molecule has 1 heterocycles. The molecule has 0 radical (unpaired) electrons. The molecule has 140 valence electrons. The van der Waals surface area contributed by atoms with E-state index in [1.54, 1.807) is 53.3 Å². The lowest BCUT2D eigenvalue weighted by molar-refractivity contribution is 0.0531. The molecule has 1 N–H and O–H groups in total. The number of carbonyl (C=O) groups excluding carboxylic acids is 2. The van der Waals surface area contributed by atoms with Crippen molar-refractivity contribution >= 4 is 17.8 Å². The number of methoxy groups -OCH3 is 1. The molecular weight excluding hydrogens is 348 g/mol. The molecule has 2 aromatic rings. The standard InChI is InChI=1S/C20H20N2O5/c1-27-15-8-6-14(7-9-15)18(23)21-10-12-22(13-11-21)19(24)16-4-2-3-5-17(16)20(25)26/h2-9H,10-13H2,1H3,(H,25,26). The number of benzene rings is 2. The lowest BCUT2D eigenvalue weighted by Gasteiger charge is -2.35. The van der Waals surface area contributed by atoms with Crippen LogP contribution in [0.2, 0.25) is 0 Å². The molecule has 2 amide bonds. The predicted molar refractivity (Wildman–Crippen MR) is 98.2 cm³/mol. The molecule has 7 nitrogen and oxygen atoms in total. The van der Waals surface area contributed by atoms with Gasteiger partial charge in [-0.2, -0.15) is 0 Å². The number of carbonyl (C=O) groups is 3. The zero-order valence-corrected chi connectivity index (χ0v) is 14.9. The highest BCUT2D eigenvalue weighted by atomic mass is 16.5. The van der Waals surface area contributed by atoms with Gasteiger partial charge in [0.1, 0.15) is 5.75 Å². The van der Waals surface area contributed by atoms with E-state index >= 15 is 0 Å². The van der Waals surface area contributed by atoms with Crippen molar-refractivity contribution in [2.45, 2.75) is 0 Å². The molecule has 1 fully saturated rings. The van der Waals surface area contributed by atoms with Crippen molar-refractivity contribution in [1.29, 1.82) is 0 Å². The summed E-state index contributed by atoms with van der Waals surface area (Å²) in [4.78, 5) is 39.9. The van der Waals surface area contributed by atoms with E-state index in [-0.39, 0.29) is 22.9 Å². The maximum atomic E-state index is 12.7. The number of carboxylic acids is 1. The largest absolute Gasteiger partial charge is 0.497 e. The molecule has 0 aromatic heterocycles. The normalized spacial score (nSPS) is 14.0. The van der Waals surface area contributed by atoms with Gasteiger partial charge < -0.3 is 19.6 Å². The van der Waals surface area contributed by atoms with Gasteiger partial charge in [0, 0.05) is 31.7 Å². The average molecular weight is 368 g/mol. The molecule has 1 saturated heterocycles. The van der Waals surface area contributed by atoms with E-state index in [1.165, 1.54) is 12.1 Å². The second-order valence-corrected chi connectivity index (χ2v) is 6.16. The number of aromatic carboxylic acids is 1. The molecular formula is C20H20N2O5. The van der Waals surface area contributed by atoms with Gasteiger partial charge in [-0.25, -0.2) is 4.79 Å². The van der Waals surface area contributed by atoms with Gasteiger partial charge in [0.25, 0.3) is 11.8 Å². The molecule has 0 atom stereocenters. The quantitative estimate of drug-likeness (QED) is 0.892. The van der Waals surface area contributed by atoms with Gasteiger partial charge in [-0.1, -0.05) is 12.1 Å². The highest BCUT2D eigenvalue weighted by Crippen LogP contribution is 2.17. The van der Waals surface area contributed by atoms with Gasteiger partial charge in [-0.05, 0) is 36.4 Å². The fourth-order valence-electron chi connectivity index (χ4n) is 3.06. The highest BCUT2D eigenvalue weighted by molar-refractivity contribution is 6.04. The minimum Gasteiger partial charge on any atom is -0.497 e. The molecule has 3 rings (SSSR count). The zero-order chi connectivity index (χ0) is 19.4.